The molecule has 0 radical (unpaired) electrons. The Hall–Kier alpha value is -1.50. The molecule has 0 heterocycles. The maximum atomic E-state index is 10.6. The molecule has 0 saturated carbocycles. The first-order chi connectivity index (χ1) is 15.5. The monoisotopic (exact) mass is 504 g/mol. The van der Waals surface area contributed by atoms with Gasteiger partial charge in [-0.05, 0) is 43.9 Å². The van der Waals surface area contributed by atoms with Gasteiger partial charge in [-0.2, -0.15) is 0 Å². The Labute approximate surface area is 200 Å². The van der Waals surface area contributed by atoms with Gasteiger partial charge in [0, 0.05) is 7.26 Å². The van der Waals surface area contributed by atoms with Crippen LogP contribution in [0.3, 0.4) is 0 Å². The van der Waals surface area contributed by atoms with Gasteiger partial charge < -0.3 is 14.8 Å². The van der Waals surface area contributed by atoms with Crippen LogP contribution in [0.4, 0.5) is 0 Å². The number of carboxylic acid groups (broad SMARTS) is 2. The number of rotatable bonds is 15. The Morgan fingerprint density at radius 3 is 1.24 bits per heavy atom. The number of aromatic carboxylic acids is 2. The number of unbranched alkanes of at least 4 members (excludes halogenated alkanes) is 4. The van der Waals surface area contributed by atoms with Crippen molar-refractivity contribution in [3.63, 3.8) is 0 Å². The fourth-order valence-electron chi connectivity index (χ4n) is 3.64. The smallest absolute Gasteiger partial charge is 0.335 e. The zero-order valence-corrected chi connectivity index (χ0v) is 22.2. The summed E-state index contributed by atoms with van der Waals surface area (Å²) in [5.74, 6) is -3.04. The van der Waals surface area contributed by atoms with Crippen molar-refractivity contribution in [2.75, 3.05) is 24.6 Å². The SMILES string of the molecule is CCCC[P+](CCCC)(CCCC)CCCC.O=C(O)c1cc(C(=O)O)cc(S(=O)(=O)[O-])c1. The lowest BCUT2D eigenvalue weighted by molar-refractivity contribution is 0.0696. The quantitative estimate of drug-likeness (QED) is 0.215. The minimum atomic E-state index is -4.89. The number of carboxylic acids is 2. The molecule has 9 heteroatoms. The molecule has 1 aromatic rings. The first-order valence-electron chi connectivity index (χ1n) is 11.9. The third-order valence-corrected chi connectivity index (χ3v) is 11.5. The van der Waals surface area contributed by atoms with Crippen molar-refractivity contribution in [3.05, 3.63) is 29.3 Å². The molecule has 0 saturated heterocycles. The second kappa shape index (κ2) is 16.2. The van der Waals surface area contributed by atoms with Gasteiger partial charge in [-0.1, -0.05) is 53.4 Å². The van der Waals surface area contributed by atoms with Gasteiger partial charge in [0.25, 0.3) is 0 Å². The van der Waals surface area contributed by atoms with Crippen molar-refractivity contribution in [3.8, 4) is 0 Å². The summed E-state index contributed by atoms with van der Waals surface area (Å²) < 4.78 is 31.9. The molecule has 33 heavy (non-hydrogen) atoms. The fourth-order valence-corrected chi connectivity index (χ4v) is 9.47. The van der Waals surface area contributed by atoms with E-state index >= 15 is 0 Å². The molecule has 0 aliphatic rings. The first-order valence-corrected chi connectivity index (χ1v) is 15.8. The third kappa shape index (κ3) is 12.5. The van der Waals surface area contributed by atoms with Crippen LogP contribution in [0.1, 0.15) is 99.8 Å². The Balaban J connectivity index is 0.000000621. The van der Waals surface area contributed by atoms with E-state index in [1.807, 2.05) is 0 Å². The minimum Gasteiger partial charge on any atom is -0.744 e. The highest BCUT2D eigenvalue weighted by Gasteiger charge is 2.34. The van der Waals surface area contributed by atoms with Gasteiger partial charge in [-0.15, -0.1) is 0 Å². The van der Waals surface area contributed by atoms with Crippen LogP contribution in [-0.2, 0) is 10.1 Å². The molecule has 0 aliphatic heterocycles. The van der Waals surface area contributed by atoms with E-state index in [-0.39, 0.29) is 0 Å². The number of benzene rings is 1. The largest absolute Gasteiger partial charge is 0.744 e. The van der Waals surface area contributed by atoms with Crippen LogP contribution in [0, 0.1) is 0 Å². The van der Waals surface area contributed by atoms with Crippen molar-refractivity contribution in [1.82, 2.24) is 0 Å². The molecule has 2 N–H and O–H groups in total. The van der Waals surface area contributed by atoms with Crippen molar-refractivity contribution in [2.45, 2.75) is 84.0 Å². The van der Waals surface area contributed by atoms with E-state index in [1.165, 1.54) is 51.4 Å². The molecule has 0 fully saturated rings. The second-order valence-electron chi connectivity index (χ2n) is 8.46. The lowest BCUT2D eigenvalue weighted by Gasteiger charge is -2.28. The molecular weight excluding hydrogens is 463 g/mol. The molecule has 0 unspecified atom stereocenters. The first kappa shape index (κ1) is 31.5. The lowest BCUT2D eigenvalue weighted by Crippen LogP contribution is -2.12. The van der Waals surface area contributed by atoms with E-state index < -0.39 is 45.3 Å². The van der Waals surface area contributed by atoms with Crippen molar-refractivity contribution >= 4 is 29.3 Å². The van der Waals surface area contributed by atoms with Crippen LogP contribution in [-0.4, -0.2) is 59.8 Å². The van der Waals surface area contributed by atoms with Crippen molar-refractivity contribution in [2.24, 2.45) is 0 Å². The highest BCUT2D eigenvalue weighted by atomic mass is 32.2. The summed E-state index contributed by atoms with van der Waals surface area (Å²) in [6, 6.07) is 1.98. The summed E-state index contributed by atoms with van der Waals surface area (Å²) in [6.45, 7) is 9.42. The van der Waals surface area contributed by atoms with Crippen LogP contribution in [0.15, 0.2) is 23.1 Å². The van der Waals surface area contributed by atoms with E-state index in [9.17, 15) is 22.6 Å². The fraction of sp³-hybridized carbons (Fsp3) is 0.667. The van der Waals surface area contributed by atoms with Crippen LogP contribution < -0.4 is 0 Å². The standard InChI is InChI=1S/C16H36P.C8H6O7S/c1-5-9-13-17(14-10-6-2,15-11-7-3)16-12-8-4;9-7(10)4-1-5(8(11)12)3-6(2-4)16(13,14)15/h5-16H2,1-4H3;1-3H,(H,9,10)(H,11,12)(H,13,14,15)/q+1;/p-1. The van der Waals surface area contributed by atoms with Gasteiger partial charge in [-0.25, -0.2) is 18.0 Å². The predicted octanol–water partition coefficient (Wildman–Crippen LogP) is 6.19. The molecule has 1 rings (SSSR count). The van der Waals surface area contributed by atoms with E-state index in [0.717, 1.165) is 6.07 Å². The van der Waals surface area contributed by atoms with Gasteiger partial charge in [0.2, 0.25) is 0 Å². The highest BCUT2D eigenvalue weighted by Crippen LogP contribution is 2.61. The molecular formula is C24H41O7PS. The summed E-state index contributed by atoms with van der Waals surface area (Å²) in [5.41, 5.74) is -1.15. The van der Waals surface area contributed by atoms with Crippen LogP contribution in [0.5, 0.6) is 0 Å². The molecule has 0 spiro atoms. The molecule has 0 aromatic heterocycles. The van der Waals surface area contributed by atoms with Gasteiger partial charge in [0.05, 0.1) is 40.7 Å². The molecule has 190 valence electrons. The topological polar surface area (TPSA) is 132 Å². The summed E-state index contributed by atoms with van der Waals surface area (Å²) in [4.78, 5) is 20.2. The summed E-state index contributed by atoms with van der Waals surface area (Å²) in [6.07, 6.45) is 17.9. The van der Waals surface area contributed by atoms with E-state index in [0.29, 0.717) is 12.1 Å². The van der Waals surface area contributed by atoms with E-state index in [1.54, 1.807) is 24.6 Å². The zero-order valence-electron chi connectivity index (χ0n) is 20.5. The third-order valence-electron chi connectivity index (χ3n) is 5.63. The zero-order chi connectivity index (χ0) is 25.5. The average molecular weight is 505 g/mol. The van der Waals surface area contributed by atoms with Crippen molar-refractivity contribution in [1.29, 1.82) is 0 Å². The summed E-state index contributed by atoms with van der Waals surface area (Å²) in [7, 11) is -5.45. The molecule has 0 amide bonds. The maximum absolute atomic E-state index is 10.6. The van der Waals surface area contributed by atoms with E-state index in [2.05, 4.69) is 27.7 Å². The molecule has 0 bridgehead atoms. The lowest BCUT2D eigenvalue weighted by atomic mass is 10.1. The Bertz CT molecular complexity index is 767. The van der Waals surface area contributed by atoms with Gasteiger partial charge >= 0.3 is 11.9 Å². The maximum Gasteiger partial charge on any atom is 0.335 e. The van der Waals surface area contributed by atoms with Gasteiger partial charge in [-0.3, -0.25) is 0 Å². The molecule has 0 atom stereocenters. The number of hydrogen-bond donors (Lipinski definition) is 2. The Kier molecular flexibility index (Phi) is 15.4. The average Bonchev–Trinajstić information content (AvgIpc) is 2.77. The minimum absolute atomic E-state index is 0.562. The van der Waals surface area contributed by atoms with Crippen molar-refractivity contribution < 1.29 is 32.8 Å². The number of hydrogen-bond acceptors (Lipinski definition) is 5. The Morgan fingerprint density at radius 2 is 1.03 bits per heavy atom. The van der Waals surface area contributed by atoms with E-state index in [4.69, 9.17) is 10.2 Å². The predicted molar refractivity (Wildman–Crippen MR) is 134 cm³/mol. The number of carbonyl (C=O) groups is 2. The van der Waals surface area contributed by atoms with Crippen LogP contribution >= 0.6 is 7.26 Å². The normalized spacial score (nSPS) is 11.5. The summed E-state index contributed by atoms with van der Waals surface area (Å²) >= 11 is 0. The van der Waals surface area contributed by atoms with Crippen LogP contribution in [0.2, 0.25) is 0 Å². The van der Waals surface area contributed by atoms with Gasteiger partial charge in [0.1, 0.15) is 10.1 Å². The van der Waals surface area contributed by atoms with Crippen LogP contribution in [0.25, 0.3) is 0 Å². The van der Waals surface area contributed by atoms with Gasteiger partial charge in [0.15, 0.2) is 0 Å². The highest BCUT2D eigenvalue weighted by molar-refractivity contribution is 7.85. The Morgan fingerprint density at radius 1 is 0.727 bits per heavy atom. The second-order valence-corrected chi connectivity index (χ2v) is 14.3. The molecule has 7 nitrogen and oxygen atoms in total. The molecule has 1 aromatic carbocycles. The molecule has 0 aliphatic carbocycles. The summed E-state index contributed by atoms with van der Waals surface area (Å²) in [5, 5.41) is 17.2.